The summed E-state index contributed by atoms with van der Waals surface area (Å²) in [6, 6.07) is 0. The Bertz CT molecular complexity index is 307. The highest BCUT2D eigenvalue weighted by atomic mass is 32.1. The van der Waals surface area contributed by atoms with E-state index in [4.69, 9.17) is 12.2 Å². The number of hydrogen-bond donors (Lipinski definition) is 1. The Morgan fingerprint density at radius 1 is 1.77 bits per heavy atom. The maximum atomic E-state index is 4.90. The summed E-state index contributed by atoms with van der Waals surface area (Å²) in [5.41, 5.74) is 0. The molecule has 0 saturated carbocycles. The van der Waals surface area contributed by atoms with Crippen LogP contribution in [0.15, 0.2) is 24.0 Å². The highest BCUT2D eigenvalue weighted by molar-refractivity contribution is 7.79. The van der Waals surface area contributed by atoms with Crippen LogP contribution in [0.25, 0.3) is 0 Å². The van der Waals surface area contributed by atoms with Crippen LogP contribution in [0, 0.1) is 0 Å². The van der Waals surface area contributed by atoms with Gasteiger partial charge in [0.1, 0.15) is 11.2 Å². The van der Waals surface area contributed by atoms with Crippen molar-refractivity contribution in [2.75, 3.05) is 0 Å². The van der Waals surface area contributed by atoms with Crippen LogP contribution in [0.1, 0.15) is 5.01 Å². The van der Waals surface area contributed by atoms with Crippen LogP contribution in [-0.2, 0) is 6.54 Å². The van der Waals surface area contributed by atoms with Gasteiger partial charge in [0.15, 0.2) is 0 Å². The first kappa shape index (κ1) is 8.65. The van der Waals surface area contributed by atoms with Crippen LogP contribution in [-0.4, -0.2) is 21.4 Å². The van der Waals surface area contributed by atoms with Gasteiger partial charge in [0, 0.05) is 29.3 Å². The van der Waals surface area contributed by atoms with Crippen molar-refractivity contribution in [1.82, 2.24) is 15.2 Å². The van der Waals surface area contributed by atoms with Gasteiger partial charge in [0.2, 0.25) is 0 Å². The third-order valence-electron chi connectivity index (χ3n) is 1.82. The van der Waals surface area contributed by atoms with Gasteiger partial charge in [-0.3, -0.25) is 0 Å². The second-order valence-corrected chi connectivity index (χ2v) is 3.91. The fourth-order valence-electron chi connectivity index (χ4n) is 1.18. The van der Waals surface area contributed by atoms with Crippen LogP contribution in [0.2, 0.25) is 0 Å². The first-order chi connectivity index (χ1) is 6.40. The normalized spacial score (nSPS) is 20.3. The number of nitrogens with zero attached hydrogens (tertiary/aromatic N) is 2. The molecule has 1 unspecified atom stereocenters. The number of rotatable bonds is 3. The first-order valence-corrected chi connectivity index (χ1v) is 5.27. The molecule has 0 aromatic carbocycles. The Kier molecular flexibility index (Phi) is 2.56. The highest BCUT2D eigenvalue weighted by Gasteiger charge is 2.16. The summed E-state index contributed by atoms with van der Waals surface area (Å²) in [6.45, 7) is 0.818. The quantitative estimate of drug-likeness (QED) is 0.764. The van der Waals surface area contributed by atoms with Gasteiger partial charge in [0.05, 0.1) is 6.54 Å². The minimum atomic E-state index is 0.138. The molecule has 13 heavy (non-hydrogen) atoms. The lowest BCUT2D eigenvalue weighted by molar-refractivity contribution is 0.341. The summed E-state index contributed by atoms with van der Waals surface area (Å²) in [4.78, 5) is 6.33. The van der Waals surface area contributed by atoms with Gasteiger partial charge in [-0.15, -0.1) is 11.3 Å². The maximum absolute atomic E-state index is 4.90. The van der Waals surface area contributed by atoms with E-state index < -0.39 is 0 Å². The molecule has 0 radical (unpaired) electrons. The molecule has 1 N–H and O–H groups in total. The van der Waals surface area contributed by atoms with Gasteiger partial charge >= 0.3 is 0 Å². The molecule has 1 aromatic heterocycles. The van der Waals surface area contributed by atoms with E-state index in [1.807, 2.05) is 24.0 Å². The van der Waals surface area contributed by atoms with Crippen molar-refractivity contribution < 1.29 is 0 Å². The average molecular weight is 211 g/mol. The van der Waals surface area contributed by atoms with E-state index in [1.54, 1.807) is 16.7 Å². The van der Waals surface area contributed by atoms with Crippen molar-refractivity contribution in [1.29, 1.82) is 0 Å². The molecule has 1 atom stereocenters. The zero-order valence-electron chi connectivity index (χ0n) is 6.88. The summed E-state index contributed by atoms with van der Waals surface area (Å²) < 4.78 is 0. The predicted molar refractivity (Wildman–Crippen MR) is 57.4 cm³/mol. The summed E-state index contributed by atoms with van der Waals surface area (Å²) in [5.74, 6) is 0. The topological polar surface area (TPSA) is 28.2 Å². The third-order valence-corrected chi connectivity index (χ3v) is 2.84. The lowest BCUT2D eigenvalue weighted by Crippen LogP contribution is -2.35. The van der Waals surface area contributed by atoms with Gasteiger partial charge in [-0.2, -0.15) is 0 Å². The zero-order valence-corrected chi connectivity index (χ0v) is 8.52. The van der Waals surface area contributed by atoms with Crippen molar-refractivity contribution in [3.63, 3.8) is 0 Å². The van der Waals surface area contributed by atoms with Gasteiger partial charge in [-0.25, -0.2) is 4.98 Å². The molecular weight excluding hydrogens is 202 g/mol. The lowest BCUT2D eigenvalue weighted by atomic mass is 10.5. The second kappa shape index (κ2) is 3.85. The number of nitrogens with one attached hydrogen (secondary N) is 1. The number of thiazole rings is 1. The van der Waals surface area contributed by atoms with Gasteiger partial charge in [0.25, 0.3) is 0 Å². The van der Waals surface area contributed by atoms with Crippen LogP contribution in [0.5, 0.6) is 0 Å². The summed E-state index contributed by atoms with van der Waals surface area (Å²) in [7, 11) is 0. The van der Waals surface area contributed by atoms with E-state index in [1.165, 1.54) is 0 Å². The fourth-order valence-corrected chi connectivity index (χ4v) is 2.04. The van der Waals surface area contributed by atoms with E-state index in [0.717, 1.165) is 11.6 Å². The molecule has 0 aliphatic carbocycles. The van der Waals surface area contributed by atoms with Crippen LogP contribution in [0.4, 0.5) is 0 Å². The number of hydrogen-bond acceptors (Lipinski definition) is 5. The molecule has 68 valence electrons. The highest BCUT2D eigenvalue weighted by Crippen LogP contribution is 2.12. The van der Waals surface area contributed by atoms with E-state index >= 15 is 0 Å². The fraction of sp³-hybridized carbons (Fsp3) is 0.250. The molecule has 3 nitrogen and oxygen atoms in total. The molecule has 1 aromatic rings. The van der Waals surface area contributed by atoms with Crippen molar-refractivity contribution in [2.24, 2.45) is 0 Å². The van der Waals surface area contributed by atoms with Crippen LogP contribution < -0.4 is 5.32 Å². The van der Waals surface area contributed by atoms with Crippen molar-refractivity contribution in [2.45, 2.75) is 12.7 Å². The summed E-state index contributed by atoms with van der Waals surface area (Å²) in [6.07, 6.45) is 5.86. The van der Waals surface area contributed by atoms with Crippen molar-refractivity contribution in [3.05, 3.63) is 29.0 Å². The molecule has 0 fully saturated rings. The van der Waals surface area contributed by atoms with E-state index in [9.17, 15) is 0 Å². The molecule has 0 bridgehead atoms. The Morgan fingerprint density at radius 2 is 2.69 bits per heavy atom. The largest absolute Gasteiger partial charge is 0.366 e. The van der Waals surface area contributed by atoms with Gasteiger partial charge in [-0.05, 0) is 0 Å². The standard InChI is InChI=1S/C8H9N3S2/c12-6-7-9-1-3-11(7)5-8-10-2-4-13-8/h1-4,6-7,9H,5H2. The minimum Gasteiger partial charge on any atom is -0.366 e. The molecule has 1 aliphatic heterocycles. The van der Waals surface area contributed by atoms with Crippen molar-refractivity contribution in [3.8, 4) is 0 Å². The van der Waals surface area contributed by atoms with E-state index in [-0.39, 0.29) is 6.17 Å². The van der Waals surface area contributed by atoms with Crippen LogP contribution in [0.3, 0.4) is 0 Å². The van der Waals surface area contributed by atoms with Crippen molar-refractivity contribution >= 4 is 28.9 Å². The van der Waals surface area contributed by atoms with E-state index in [0.29, 0.717) is 0 Å². The van der Waals surface area contributed by atoms with Crippen LogP contribution >= 0.6 is 23.6 Å². The molecule has 2 rings (SSSR count). The monoisotopic (exact) mass is 211 g/mol. The predicted octanol–water partition coefficient (Wildman–Crippen LogP) is 1.35. The second-order valence-electron chi connectivity index (χ2n) is 2.66. The lowest BCUT2D eigenvalue weighted by Gasteiger charge is -2.20. The number of aromatic nitrogens is 1. The molecule has 0 spiro atoms. The summed E-state index contributed by atoms with van der Waals surface area (Å²) >= 11 is 6.56. The maximum Gasteiger partial charge on any atom is 0.128 e. The molecule has 0 amide bonds. The Labute approximate surface area is 86.1 Å². The smallest absolute Gasteiger partial charge is 0.128 e. The third kappa shape index (κ3) is 1.87. The van der Waals surface area contributed by atoms with E-state index in [2.05, 4.69) is 15.2 Å². The summed E-state index contributed by atoms with van der Waals surface area (Å²) in [5, 5.41) is 7.93. The van der Waals surface area contributed by atoms with Gasteiger partial charge < -0.3 is 10.2 Å². The first-order valence-electron chi connectivity index (χ1n) is 3.92. The Morgan fingerprint density at radius 3 is 3.38 bits per heavy atom. The SMILES string of the molecule is S=CC1NC=CN1Cc1nccs1. The molecule has 5 heteroatoms. The zero-order chi connectivity index (χ0) is 9.10. The van der Waals surface area contributed by atoms with Gasteiger partial charge in [-0.1, -0.05) is 12.2 Å². The molecule has 2 heterocycles. The minimum absolute atomic E-state index is 0.138. The average Bonchev–Trinajstić information content (AvgIpc) is 2.76. The number of thiocarbonyl (C=S) groups is 1. The Hall–Kier alpha value is -0.940. The molecule has 0 saturated heterocycles. The Balaban J connectivity index is 2.01. The molecular formula is C8H9N3S2. The molecule has 1 aliphatic rings.